The lowest BCUT2D eigenvalue weighted by molar-refractivity contribution is -0.137. The number of benzene rings is 6. The molecule has 2 atom stereocenters. The van der Waals surface area contributed by atoms with E-state index in [1.807, 2.05) is 44.2 Å². The summed E-state index contributed by atoms with van der Waals surface area (Å²) in [4.78, 5) is 0. The molecule has 1 aliphatic carbocycles. The quantitative estimate of drug-likeness (QED) is 0.180. The molecule has 9 rings (SSSR count). The van der Waals surface area contributed by atoms with E-state index in [1.165, 1.54) is 12.1 Å². The number of halogens is 3. The van der Waals surface area contributed by atoms with Crippen LogP contribution in [-0.4, -0.2) is 9.13 Å². The van der Waals surface area contributed by atoms with Gasteiger partial charge in [-0.15, -0.1) is 0 Å². The van der Waals surface area contributed by atoms with Gasteiger partial charge in [0.2, 0.25) is 0 Å². The Morgan fingerprint density at radius 3 is 1.51 bits per heavy atom. The van der Waals surface area contributed by atoms with E-state index in [9.17, 15) is 5.26 Å². The molecule has 0 N–H and O–H groups in total. The van der Waals surface area contributed by atoms with Gasteiger partial charge in [0.15, 0.2) is 0 Å². The normalized spacial score (nSPS) is 16.1. The van der Waals surface area contributed by atoms with Gasteiger partial charge in [0.1, 0.15) is 6.07 Å². The van der Waals surface area contributed by atoms with Crippen molar-refractivity contribution in [3.8, 4) is 28.6 Å². The maximum Gasteiger partial charge on any atom is 0.417 e. The molecule has 1 aliphatic rings. The second kappa shape index (κ2) is 11.9. The molecule has 2 aromatic heterocycles. The summed E-state index contributed by atoms with van der Waals surface area (Å²) in [6, 6.07) is 35.5. The first-order chi connectivity index (χ1) is 25.4. The molecule has 1 fully saturated rings. The topological polar surface area (TPSA) is 33.6 Å². The number of hydrogen-bond acceptors (Lipinski definition) is 1. The van der Waals surface area contributed by atoms with Crippen LogP contribution in [0.5, 0.6) is 0 Å². The molecule has 0 amide bonds. The molecular weight excluding hydrogens is 664 g/mol. The minimum absolute atomic E-state index is 0.0336. The fourth-order valence-corrected chi connectivity index (χ4v) is 8.87. The van der Waals surface area contributed by atoms with Crippen LogP contribution in [0.25, 0.3) is 66.1 Å². The highest BCUT2D eigenvalue weighted by atomic mass is 19.4. The van der Waals surface area contributed by atoms with E-state index in [1.54, 1.807) is 12.1 Å². The molecule has 8 aromatic rings. The van der Waals surface area contributed by atoms with E-state index in [-0.39, 0.29) is 17.4 Å². The standard InChI is InChI=1S/C47H38F3N3/c1-26-10-16-39-34(20-26)35-21-27(2)11-17-40(35)52(39)43-24-31(25-51)46(53-41-18-12-28(3)22-36(41)37-23-29(4)13-19-42(37)53)45(44(43)32-15-14-30(32)5)33-8-6-7-9-38(33)47(48,49)50/h6-13,16-24,30,32H,14-15H2,1-5H3/t30-,32?/m1/s1. The average molecular weight is 702 g/mol. The summed E-state index contributed by atoms with van der Waals surface area (Å²) >= 11 is 0. The summed E-state index contributed by atoms with van der Waals surface area (Å²) in [6.45, 7) is 10.4. The van der Waals surface area contributed by atoms with Crippen molar-refractivity contribution in [3.05, 3.63) is 142 Å². The minimum atomic E-state index is -4.63. The molecule has 6 heteroatoms. The van der Waals surface area contributed by atoms with Gasteiger partial charge in [-0.25, -0.2) is 0 Å². The Morgan fingerprint density at radius 1 is 0.623 bits per heavy atom. The van der Waals surface area contributed by atoms with Crippen molar-refractivity contribution >= 4 is 43.6 Å². The maximum absolute atomic E-state index is 15.3. The fraction of sp³-hybridized carbons (Fsp3) is 0.213. The van der Waals surface area contributed by atoms with Gasteiger partial charge in [-0.3, -0.25) is 0 Å². The zero-order valence-electron chi connectivity index (χ0n) is 30.4. The van der Waals surface area contributed by atoms with Crippen LogP contribution in [0.4, 0.5) is 13.2 Å². The molecule has 6 aromatic carbocycles. The van der Waals surface area contributed by atoms with Crippen LogP contribution >= 0.6 is 0 Å². The lowest BCUT2D eigenvalue weighted by Crippen LogP contribution is -2.24. The third kappa shape index (κ3) is 5.01. The van der Waals surface area contributed by atoms with Gasteiger partial charge in [-0.2, -0.15) is 18.4 Å². The number of nitrogens with zero attached hydrogens (tertiary/aromatic N) is 3. The second-order valence-corrected chi connectivity index (χ2v) is 15.2. The van der Waals surface area contributed by atoms with Crippen LogP contribution < -0.4 is 0 Å². The zero-order chi connectivity index (χ0) is 36.9. The first kappa shape index (κ1) is 33.1. The van der Waals surface area contributed by atoms with Gasteiger partial charge in [0.25, 0.3) is 0 Å². The second-order valence-electron chi connectivity index (χ2n) is 15.2. The number of rotatable bonds is 4. The number of aryl methyl sites for hydroxylation is 4. The lowest BCUT2D eigenvalue weighted by Gasteiger charge is -2.38. The number of aromatic nitrogens is 2. The Hall–Kier alpha value is -5.80. The van der Waals surface area contributed by atoms with Crippen molar-refractivity contribution in [2.24, 2.45) is 5.92 Å². The summed E-state index contributed by atoms with van der Waals surface area (Å²) in [5.41, 5.74) is 10.3. The number of nitriles is 1. The molecule has 0 radical (unpaired) electrons. The fourth-order valence-electron chi connectivity index (χ4n) is 8.87. The molecule has 2 heterocycles. The smallest absolute Gasteiger partial charge is 0.309 e. The summed E-state index contributed by atoms with van der Waals surface area (Å²) in [6.07, 6.45) is -2.82. The van der Waals surface area contributed by atoms with Crippen molar-refractivity contribution in [1.82, 2.24) is 9.13 Å². The van der Waals surface area contributed by atoms with E-state index in [0.717, 1.165) is 90.0 Å². The SMILES string of the molecule is Cc1ccc2c(c1)c1cc(C)ccc1n2-c1cc(C#N)c(-n2c3ccc(C)cc3c3cc(C)ccc32)c(-c2ccccc2C(F)(F)F)c1C1CC[C@H]1C. The first-order valence-electron chi connectivity index (χ1n) is 18.3. The molecule has 0 aliphatic heterocycles. The maximum atomic E-state index is 15.3. The van der Waals surface area contributed by atoms with Gasteiger partial charge in [-0.1, -0.05) is 71.6 Å². The van der Waals surface area contributed by atoms with E-state index in [4.69, 9.17) is 0 Å². The third-order valence-corrected chi connectivity index (χ3v) is 11.5. The zero-order valence-corrected chi connectivity index (χ0v) is 30.4. The number of hydrogen-bond donors (Lipinski definition) is 0. The van der Waals surface area contributed by atoms with Crippen LogP contribution in [0.1, 0.15) is 64.6 Å². The molecular formula is C47H38F3N3. The van der Waals surface area contributed by atoms with Gasteiger partial charge in [-0.05, 0) is 124 Å². The molecule has 0 saturated heterocycles. The predicted octanol–water partition coefficient (Wildman–Crippen LogP) is 13.2. The summed E-state index contributed by atoms with van der Waals surface area (Å²) in [5, 5.41) is 15.4. The molecule has 53 heavy (non-hydrogen) atoms. The number of alkyl halides is 3. The average Bonchev–Trinajstić information content (AvgIpc) is 3.61. The van der Waals surface area contributed by atoms with Crippen LogP contribution in [-0.2, 0) is 6.18 Å². The molecule has 3 nitrogen and oxygen atoms in total. The Labute approximate surface area is 306 Å². The highest BCUT2D eigenvalue weighted by Crippen LogP contribution is 2.54. The van der Waals surface area contributed by atoms with Crippen molar-refractivity contribution in [1.29, 1.82) is 5.26 Å². The van der Waals surface area contributed by atoms with Crippen LogP contribution in [0.2, 0.25) is 0 Å². The van der Waals surface area contributed by atoms with Gasteiger partial charge < -0.3 is 9.13 Å². The van der Waals surface area contributed by atoms with Gasteiger partial charge >= 0.3 is 6.18 Å². The summed E-state index contributed by atoms with van der Waals surface area (Å²) in [5.74, 6) is 0.195. The molecule has 1 unspecified atom stereocenters. The molecule has 0 bridgehead atoms. The van der Waals surface area contributed by atoms with Gasteiger partial charge in [0, 0.05) is 27.1 Å². The van der Waals surface area contributed by atoms with Crippen LogP contribution in [0.15, 0.2) is 103 Å². The summed E-state index contributed by atoms with van der Waals surface area (Å²) in [7, 11) is 0. The minimum Gasteiger partial charge on any atom is -0.309 e. The summed E-state index contributed by atoms with van der Waals surface area (Å²) < 4.78 is 50.1. The monoisotopic (exact) mass is 701 g/mol. The Kier molecular flexibility index (Phi) is 7.40. The van der Waals surface area contributed by atoms with Crippen LogP contribution in [0, 0.1) is 44.9 Å². The Balaban J connectivity index is 1.55. The highest BCUT2D eigenvalue weighted by molar-refractivity contribution is 6.12. The molecule has 1 saturated carbocycles. The van der Waals surface area contributed by atoms with Crippen LogP contribution in [0.3, 0.4) is 0 Å². The van der Waals surface area contributed by atoms with E-state index < -0.39 is 11.7 Å². The van der Waals surface area contributed by atoms with Crippen molar-refractivity contribution in [2.45, 2.75) is 59.6 Å². The predicted molar refractivity (Wildman–Crippen MR) is 210 cm³/mol. The third-order valence-electron chi connectivity index (χ3n) is 11.5. The van der Waals surface area contributed by atoms with Gasteiger partial charge in [0.05, 0.1) is 44.6 Å². The molecule has 0 spiro atoms. The van der Waals surface area contributed by atoms with E-state index >= 15 is 13.2 Å². The van der Waals surface area contributed by atoms with E-state index in [0.29, 0.717) is 16.8 Å². The largest absolute Gasteiger partial charge is 0.417 e. The van der Waals surface area contributed by atoms with Crippen molar-refractivity contribution in [3.63, 3.8) is 0 Å². The first-order valence-corrected chi connectivity index (χ1v) is 18.3. The number of fused-ring (bicyclic) bond motifs is 6. The van der Waals surface area contributed by atoms with E-state index in [2.05, 4.69) is 84.5 Å². The Morgan fingerprint density at radius 2 is 1.09 bits per heavy atom. The molecule has 262 valence electrons. The van der Waals surface area contributed by atoms with Crippen molar-refractivity contribution in [2.75, 3.05) is 0 Å². The Bertz CT molecular complexity index is 2740. The lowest BCUT2D eigenvalue weighted by atomic mass is 9.68. The van der Waals surface area contributed by atoms with Crippen molar-refractivity contribution < 1.29 is 13.2 Å². The highest BCUT2D eigenvalue weighted by Gasteiger charge is 2.40.